The molecule has 0 unspecified atom stereocenters. The molecule has 5 rings (SSSR count). The Kier molecular flexibility index (Phi) is 7.86. The molecular weight excluding hydrogens is 381 g/mol. The molecule has 25 heavy (non-hydrogen) atoms. The first-order chi connectivity index (χ1) is 10.9. The zero-order chi connectivity index (χ0) is 14.8. The molecule has 0 aliphatic carbocycles. The minimum atomic E-state index is 0. The van der Waals surface area contributed by atoms with E-state index in [-0.39, 0.29) is 37.2 Å². The Morgan fingerprint density at radius 3 is 1.56 bits per heavy atom. The van der Waals surface area contributed by atoms with E-state index in [2.05, 4.69) is 97.1 Å². The molecule has 0 spiro atoms. The van der Waals surface area contributed by atoms with Gasteiger partial charge in [-0.1, -0.05) is 42.5 Å². The van der Waals surface area contributed by atoms with Crippen molar-refractivity contribution in [2.45, 2.75) is 0 Å². The van der Waals surface area contributed by atoms with Gasteiger partial charge in [-0.15, -0.1) is 69.4 Å². The van der Waals surface area contributed by atoms with Crippen LogP contribution in [-0.4, -0.2) is 0 Å². The van der Waals surface area contributed by atoms with E-state index >= 15 is 0 Å². The molecule has 5 aromatic carbocycles. The maximum absolute atomic E-state index is 2.24. The van der Waals surface area contributed by atoms with Crippen molar-refractivity contribution in [3.63, 3.8) is 0 Å². The van der Waals surface area contributed by atoms with Gasteiger partial charge in [-0.2, -0.15) is 17.5 Å². The van der Waals surface area contributed by atoms with E-state index in [4.69, 9.17) is 0 Å². The summed E-state index contributed by atoms with van der Waals surface area (Å²) < 4.78 is 0. The first-order valence-electron chi connectivity index (χ1n) is 7.55. The van der Waals surface area contributed by atoms with Crippen LogP contribution in [0.15, 0.2) is 97.1 Å². The molecule has 0 aromatic heterocycles. The standard InChI is InChI=1S/C13H9.C9H7.2CH3.Nb/c1-3-7-12-10(5-1)9-11-6-2-4-8-13(11)12;1-2-5-9-7-3-6-8(9)4-1;;;/h1-9H;1-7H;2*1H3;/q4*-1;. The minimum absolute atomic E-state index is 0. The molecule has 0 amide bonds. The number of rotatable bonds is 0. The van der Waals surface area contributed by atoms with Gasteiger partial charge in [0.1, 0.15) is 0 Å². The van der Waals surface area contributed by atoms with Crippen LogP contribution in [0.3, 0.4) is 0 Å². The Labute approximate surface area is 166 Å². The van der Waals surface area contributed by atoms with E-state index in [0.717, 1.165) is 0 Å². The van der Waals surface area contributed by atoms with E-state index in [1.807, 2.05) is 0 Å². The third-order valence-electron chi connectivity index (χ3n) is 4.07. The molecule has 0 atom stereocenters. The van der Waals surface area contributed by atoms with Crippen molar-refractivity contribution < 1.29 is 22.4 Å². The van der Waals surface area contributed by atoms with Gasteiger partial charge in [0.2, 0.25) is 0 Å². The van der Waals surface area contributed by atoms with Crippen molar-refractivity contribution in [2.24, 2.45) is 0 Å². The van der Waals surface area contributed by atoms with Gasteiger partial charge in [0.25, 0.3) is 0 Å². The van der Waals surface area contributed by atoms with Gasteiger partial charge in [0, 0.05) is 22.4 Å². The Morgan fingerprint density at radius 2 is 1.00 bits per heavy atom. The summed E-state index contributed by atoms with van der Waals surface area (Å²) in [6.45, 7) is 0. The van der Waals surface area contributed by atoms with Gasteiger partial charge in [0.05, 0.1) is 0 Å². The van der Waals surface area contributed by atoms with Crippen LogP contribution in [0.25, 0.3) is 32.3 Å². The Morgan fingerprint density at radius 1 is 0.520 bits per heavy atom. The maximum atomic E-state index is 2.24. The van der Waals surface area contributed by atoms with Crippen molar-refractivity contribution in [3.05, 3.63) is 112 Å². The molecule has 0 saturated carbocycles. The van der Waals surface area contributed by atoms with E-state index in [1.54, 1.807) is 0 Å². The van der Waals surface area contributed by atoms with Crippen LogP contribution in [0.2, 0.25) is 0 Å². The molecule has 0 bridgehead atoms. The summed E-state index contributed by atoms with van der Waals surface area (Å²) in [4.78, 5) is 0. The molecular formula is C24H22Nb-4. The number of hydrogen-bond donors (Lipinski definition) is 0. The van der Waals surface area contributed by atoms with Gasteiger partial charge >= 0.3 is 0 Å². The largest absolute Gasteiger partial charge is 0.358 e. The van der Waals surface area contributed by atoms with Gasteiger partial charge in [-0.05, 0) is 0 Å². The van der Waals surface area contributed by atoms with E-state index in [1.165, 1.54) is 32.3 Å². The molecule has 0 aliphatic rings. The minimum Gasteiger partial charge on any atom is -0.358 e. The molecule has 0 N–H and O–H groups in total. The smallest absolute Gasteiger partial charge is 0 e. The summed E-state index contributed by atoms with van der Waals surface area (Å²) >= 11 is 0. The molecule has 1 heteroatoms. The quantitative estimate of drug-likeness (QED) is 0.190. The van der Waals surface area contributed by atoms with Gasteiger partial charge in [-0.25, -0.2) is 0 Å². The average molecular weight is 403 g/mol. The van der Waals surface area contributed by atoms with Gasteiger partial charge < -0.3 is 14.9 Å². The molecule has 127 valence electrons. The average Bonchev–Trinajstić information content (AvgIpc) is 3.19. The fourth-order valence-electron chi connectivity index (χ4n) is 2.97. The SMILES string of the molecule is [CH3-].[CH3-].[Nb].c1ccc2[cH-]ccc2c1.c1ccc2c(c1)[cH-]c1ccccc12. The van der Waals surface area contributed by atoms with Gasteiger partial charge in [0.15, 0.2) is 0 Å². The van der Waals surface area contributed by atoms with Crippen LogP contribution in [0.5, 0.6) is 0 Å². The zero-order valence-electron chi connectivity index (χ0n) is 14.7. The number of fused-ring (bicyclic) bond motifs is 4. The van der Waals surface area contributed by atoms with Crippen LogP contribution in [0, 0.1) is 14.9 Å². The Bertz CT molecular complexity index is 953. The van der Waals surface area contributed by atoms with Crippen LogP contribution in [0.4, 0.5) is 0 Å². The Balaban J connectivity index is 0.000000234. The fourth-order valence-corrected chi connectivity index (χ4v) is 2.97. The molecule has 0 fully saturated rings. The van der Waals surface area contributed by atoms with Crippen LogP contribution < -0.4 is 0 Å². The number of hydrogen-bond acceptors (Lipinski definition) is 0. The summed E-state index contributed by atoms with van der Waals surface area (Å²) in [6, 6.07) is 33.9. The molecule has 5 aromatic rings. The van der Waals surface area contributed by atoms with Crippen LogP contribution >= 0.6 is 0 Å². The normalized spacial score (nSPS) is 9.44. The Hall–Kier alpha value is -2.12. The third-order valence-corrected chi connectivity index (χ3v) is 4.07. The summed E-state index contributed by atoms with van der Waals surface area (Å²) in [7, 11) is 0. The van der Waals surface area contributed by atoms with E-state index in [0.29, 0.717) is 0 Å². The summed E-state index contributed by atoms with van der Waals surface area (Å²) in [6.07, 6.45) is 0. The predicted octanol–water partition coefficient (Wildman–Crippen LogP) is 7.17. The predicted molar refractivity (Wildman–Crippen MR) is 109 cm³/mol. The van der Waals surface area contributed by atoms with Crippen molar-refractivity contribution in [2.75, 3.05) is 0 Å². The van der Waals surface area contributed by atoms with Crippen LogP contribution in [-0.2, 0) is 22.4 Å². The molecule has 0 nitrogen and oxygen atoms in total. The summed E-state index contributed by atoms with van der Waals surface area (Å²) in [5.74, 6) is 0. The second-order valence-electron chi connectivity index (χ2n) is 5.47. The van der Waals surface area contributed by atoms with Crippen LogP contribution in [0.1, 0.15) is 0 Å². The molecule has 0 heterocycles. The molecule has 1 radical (unpaired) electrons. The van der Waals surface area contributed by atoms with Crippen molar-refractivity contribution in [1.29, 1.82) is 0 Å². The second-order valence-corrected chi connectivity index (χ2v) is 5.47. The van der Waals surface area contributed by atoms with Gasteiger partial charge in [-0.3, -0.25) is 0 Å². The second kappa shape index (κ2) is 9.39. The van der Waals surface area contributed by atoms with E-state index < -0.39 is 0 Å². The monoisotopic (exact) mass is 403 g/mol. The van der Waals surface area contributed by atoms with Crippen molar-refractivity contribution in [3.8, 4) is 0 Å². The number of benzene rings is 3. The van der Waals surface area contributed by atoms with Crippen molar-refractivity contribution >= 4 is 32.3 Å². The maximum Gasteiger partial charge on any atom is 0 e. The summed E-state index contributed by atoms with van der Waals surface area (Å²) in [5.41, 5.74) is 0. The van der Waals surface area contributed by atoms with Crippen molar-refractivity contribution in [1.82, 2.24) is 0 Å². The molecule has 0 saturated heterocycles. The first kappa shape index (κ1) is 20.9. The molecule has 0 aliphatic heterocycles. The summed E-state index contributed by atoms with van der Waals surface area (Å²) in [5, 5.41) is 8.05. The fraction of sp³-hybridized carbons (Fsp3) is 0. The third kappa shape index (κ3) is 4.29. The zero-order valence-corrected chi connectivity index (χ0v) is 16.9. The van der Waals surface area contributed by atoms with E-state index in [9.17, 15) is 0 Å². The first-order valence-corrected chi connectivity index (χ1v) is 7.55. The topological polar surface area (TPSA) is 0 Å².